The largest absolute Gasteiger partial charge is 0.488 e. The molecule has 6 heteroatoms. The van der Waals surface area contributed by atoms with Gasteiger partial charge in [0, 0.05) is 30.8 Å². The third-order valence-corrected chi connectivity index (χ3v) is 4.13. The van der Waals surface area contributed by atoms with Crippen LogP contribution in [0.4, 0.5) is 4.39 Å². The number of ether oxygens (including phenoxy) is 1. The minimum absolute atomic E-state index is 0. The second-order valence-corrected chi connectivity index (χ2v) is 5.69. The molecule has 1 N–H and O–H groups in total. The molecular weight excluding hydrogens is 374 g/mol. The third kappa shape index (κ3) is 7.92. The van der Waals surface area contributed by atoms with Crippen molar-refractivity contribution in [3.8, 4) is 5.75 Å². The lowest BCUT2D eigenvalue weighted by Gasteiger charge is -2.18. The second kappa shape index (κ2) is 13.8. The van der Waals surface area contributed by atoms with Gasteiger partial charge in [-0.3, -0.25) is 0 Å². The molecular formula is C20H29Cl2FN2O. The van der Waals surface area contributed by atoms with E-state index in [0.29, 0.717) is 5.56 Å². The molecule has 146 valence electrons. The van der Waals surface area contributed by atoms with Crippen LogP contribution in [-0.2, 0) is 13.2 Å². The molecule has 0 spiro atoms. The standard InChI is InChI=1S/C20H27FN2O.2ClH/c1-3-23(4-2)14-13-22-15-17-9-6-8-12-20(17)24-16-18-10-5-7-11-19(18)21;;/h5-12,22H,3-4,13-16H2,1-2H3;2*1H. The fourth-order valence-corrected chi connectivity index (χ4v) is 2.56. The first-order chi connectivity index (χ1) is 11.7. The molecule has 0 bridgehead atoms. The number of benzene rings is 2. The van der Waals surface area contributed by atoms with Gasteiger partial charge in [0.05, 0.1) is 0 Å². The van der Waals surface area contributed by atoms with Crippen molar-refractivity contribution < 1.29 is 9.13 Å². The Hall–Kier alpha value is -1.33. The summed E-state index contributed by atoms with van der Waals surface area (Å²) in [6.07, 6.45) is 0. The van der Waals surface area contributed by atoms with Gasteiger partial charge in [0.15, 0.2) is 0 Å². The first-order valence-electron chi connectivity index (χ1n) is 8.61. The van der Waals surface area contributed by atoms with Crippen molar-refractivity contribution in [3.05, 3.63) is 65.5 Å². The van der Waals surface area contributed by atoms with Gasteiger partial charge in [-0.05, 0) is 25.2 Å². The number of halogens is 3. The highest BCUT2D eigenvalue weighted by Gasteiger charge is 2.06. The molecule has 0 aliphatic carbocycles. The van der Waals surface area contributed by atoms with Gasteiger partial charge >= 0.3 is 0 Å². The second-order valence-electron chi connectivity index (χ2n) is 5.69. The Bertz CT molecular complexity index is 624. The number of likely N-dealkylation sites (N-methyl/N-ethyl adjacent to an activating group) is 1. The maximum absolute atomic E-state index is 13.7. The van der Waals surface area contributed by atoms with Gasteiger partial charge in [-0.2, -0.15) is 0 Å². The summed E-state index contributed by atoms with van der Waals surface area (Å²) >= 11 is 0. The van der Waals surface area contributed by atoms with Crippen molar-refractivity contribution >= 4 is 24.8 Å². The first-order valence-corrected chi connectivity index (χ1v) is 8.61. The molecule has 0 atom stereocenters. The first kappa shape index (κ1) is 24.7. The van der Waals surface area contributed by atoms with E-state index in [-0.39, 0.29) is 37.2 Å². The normalized spacial score (nSPS) is 10.2. The van der Waals surface area contributed by atoms with Gasteiger partial charge < -0.3 is 15.0 Å². The topological polar surface area (TPSA) is 24.5 Å². The van der Waals surface area contributed by atoms with Gasteiger partial charge in [-0.15, -0.1) is 24.8 Å². The molecule has 0 heterocycles. The van der Waals surface area contributed by atoms with Crippen LogP contribution in [0.15, 0.2) is 48.5 Å². The van der Waals surface area contributed by atoms with Crippen LogP contribution in [0, 0.1) is 5.82 Å². The maximum Gasteiger partial charge on any atom is 0.129 e. The molecule has 2 aromatic rings. The van der Waals surface area contributed by atoms with Crippen LogP contribution in [0.1, 0.15) is 25.0 Å². The van der Waals surface area contributed by atoms with E-state index >= 15 is 0 Å². The predicted octanol–water partition coefficient (Wildman–Crippen LogP) is 4.68. The fourth-order valence-electron chi connectivity index (χ4n) is 2.56. The number of para-hydroxylation sites is 1. The molecule has 26 heavy (non-hydrogen) atoms. The molecule has 0 saturated carbocycles. The van der Waals surface area contributed by atoms with Crippen molar-refractivity contribution in [1.82, 2.24) is 10.2 Å². The van der Waals surface area contributed by atoms with E-state index < -0.39 is 0 Å². The van der Waals surface area contributed by atoms with Crippen LogP contribution in [0.25, 0.3) is 0 Å². The molecule has 0 aliphatic heterocycles. The highest BCUT2D eigenvalue weighted by Crippen LogP contribution is 2.20. The monoisotopic (exact) mass is 402 g/mol. The van der Waals surface area contributed by atoms with E-state index in [1.165, 1.54) is 6.07 Å². The van der Waals surface area contributed by atoms with Crippen LogP contribution in [0.3, 0.4) is 0 Å². The van der Waals surface area contributed by atoms with E-state index in [2.05, 4.69) is 24.1 Å². The van der Waals surface area contributed by atoms with Gasteiger partial charge in [0.25, 0.3) is 0 Å². The van der Waals surface area contributed by atoms with Gasteiger partial charge in [-0.25, -0.2) is 4.39 Å². The number of nitrogens with zero attached hydrogens (tertiary/aromatic N) is 1. The average molecular weight is 403 g/mol. The highest BCUT2D eigenvalue weighted by atomic mass is 35.5. The van der Waals surface area contributed by atoms with E-state index in [4.69, 9.17) is 4.74 Å². The van der Waals surface area contributed by atoms with Crippen LogP contribution in [-0.4, -0.2) is 31.1 Å². The quantitative estimate of drug-likeness (QED) is 0.583. The van der Waals surface area contributed by atoms with E-state index in [1.54, 1.807) is 12.1 Å². The molecule has 0 fully saturated rings. The highest BCUT2D eigenvalue weighted by molar-refractivity contribution is 5.85. The van der Waals surface area contributed by atoms with Crippen LogP contribution in [0.5, 0.6) is 5.75 Å². The number of nitrogens with one attached hydrogen (secondary N) is 1. The Morgan fingerprint density at radius 1 is 0.923 bits per heavy atom. The van der Waals surface area contributed by atoms with Crippen LogP contribution < -0.4 is 10.1 Å². The van der Waals surface area contributed by atoms with Crippen LogP contribution >= 0.6 is 24.8 Å². The maximum atomic E-state index is 13.7. The Morgan fingerprint density at radius 2 is 1.54 bits per heavy atom. The Kier molecular flexibility index (Phi) is 13.1. The Labute approximate surface area is 168 Å². The smallest absolute Gasteiger partial charge is 0.129 e. The van der Waals surface area contributed by atoms with Crippen molar-refractivity contribution in [2.24, 2.45) is 0 Å². The van der Waals surface area contributed by atoms with Crippen molar-refractivity contribution in [3.63, 3.8) is 0 Å². The van der Waals surface area contributed by atoms with Crippen LogP contribution in [0.2, 0.25) is 0 Å². The Balaban J connectivity index is 0.00000312. The summed E-state index contributed by atoms with van der Waals surface area (Å²) in [6.45, 7) is 9.44. The minimum Gasteiger partial charge on any atom is -0.488 e. The average Bonchev–Trinajstić information content (AvgIpc) is 2.62. The molecule has 0 amide bonds. The number of hydrogen-bond acceptors (Lipinski definition) is 3. The van der Waals surface area contributed by atoms with E-state index in [0.717, 1.165) is 44.0 Å². The van der Waals surface area contributed by atoms with Crippen molar-refractivity contribution in [2.45, 2.75) is 27.0 Å². The van der Waals surface area contributed by atoms with Gasteiger partial charge in [0.1, 0.15) is 18.2 Å². The summed E-state index contributed by atoms with van der Waals surface area (Å²) in [7, 11) is 0. The lowest BCUT2D eigenvalue weighted by Crippen LogP contribution is -2.31. The third-order valence-electron chi connectivity index (χ3n) is 4.13. The Morgan fingerprint density at radius 3 is 2.19 bits per heavy atom. The fraction of sp³-hybridized carbons (Fsp3) is 0.400. The van der Waals surface area contributed by atoms with E-state index in [9.17, 15) is 4.39 Å². The van der Waals surface area contributed by atoms with Gasteiger partial charge in [0.2, 0.25) is 0 Å². The molecule has 0 radical (unpaired) electrons. The predicted molar refractivity (Wildman–Crippen MR) is 111 cm³/mol. The summed E-state index contributed by atoms with van der Waals surface area (Å²) in [6, 6.07) is 14.6. The molecule has 2 rings (SSSR count). The molecule has 0 unspecified atom stereocenters. The number of rotatable bonds is 10. The lowest BCUT2D eigenvalue weighted by atomic mass is 10.2. The summed E-state index contributed by atoms with van der Waals surface area (Å²) in [4.78, 5) is 2.38. The molecule has 2 aromatic carbocycles. The zero-order valence-corrected chi connectivity index (χ0v) is 17.0. The van der Waals surface area contributed by atoms with Crippen molar-refractivity contribution in [1.29, 1.82) is 0 Å². The summed E-state index contributed by atoms with van der Waals surface area (Å²) in [5, 5.41) is 3.46. The zero-order valence-electron chi connectivity index (χ0n) is 15.4. The molecule has 0 saturated heterocycles. The lowest BCUT2D eigenvalue weighted by molar-refractivity contribution is 0.292. The summed E-state index contributed by atoms with van der Waals surface area (Å²) in [5.41, 5.74) is 1.66. The number of hydrogen-bond donors (Lipinski definition) is 1. The summed E-state index contributed by atoms with van der Waals surface area (Å²) in [5.74, 6) is 0.573. The summed E-state index contributed by atoms with van der Waals surface area (Å²) < 4.78 is 19.5. The minimum atomic E-state index is -0.229. The SMILES string of the molecule is CCN(CC)CCNCc1ccccc1OCc1ccccc1F.Cl.Cl. The zero-order chi connectivity index (χ0) is 17.2. The molecule has 0 aromatic heterocycles. The molecule has 3 nitrogen and oxygen atoms in total. The molecule has 0 aliphatic rings. The van der Waals surface area contributed by atoms with Gasteiger partial charge in [-0.1, -0.05) is 50.2 Å². The van der Waals surface area contributed by atoms with E-state index in [1.807, 2.05) is 30.3 Å². The van der Waals surface area contributed by atoms with Crippen molar-refractivity contribution in [2.75, 3.05) is 26.2 Å².